The molecule has 2 nitrogen and oxygen atoms in total. The lowest BCUT2D eigenvalue weighted by atomic mass is 9.90. The summed E-state index contributed by atoms with van der Waals surface area (Å²) in [7, 11) is 0. The van der Waals surface area contributed by atoms with Gasteiger partial charge in [0.1, 0.15) is 0 Å². The van der Waals surface area contributed by atoms with Gasteiger partial charge < -0.3 is 10.2 Å². The number of rotatable bonds is 2. The van der Waals surface area contributed by atoms with Crippen molar-refractivity contribution in [3.05, 3.63) is 0 Å². The van der Waals surface area contributed by atoms with Crippen molar-refractivity contribution in [1.29, 1.82) is 0 Å². The average Bonchev–Trinajstić information content (AvgIpc) is 1.59. The zero-order valence-electron chi connectivity index (χ0n) is 6.39. The van der Waals surface area contributed by atoms with E-state index in [9.17, 15) is 0 Å². The second-order valence-corrected chi connectivity index (χ2v) is 3.58. The maximum atomic E-state index is 8.47. The van der Waals surface area contributed by atoms with Crippen molar-refractivity contribution in [2.45, 2.75) is 39.9 Å². The highest BCUT2D eigenvalue weighted by molar-refractivity contribution is 4.60. The minimum absolute atomic E-state index is 0.212. The van der Waals surface area contributed by atoms with Crippen LogP contribution in [0.1, 0.15) is 33.6 Å². The first kappa shape index (κ1) is 8.92. The van der Waals surface area contributed by atoms with Crippen LogP contribution in [0.2, 0.25) is 0 Å². The topological polar surface area (TPSA) is 40.5 Å². The monoisotopic (exact) mass is 132 g/mol. The average molecular weight is 132 g/mol. The summed E-state index contributed by atoms with van der Waals surface area (Å²) in [5.41, 5.74) is 0.212. The zero-order chi connectivity index (χ0) is 7.49. The fourth-order valence-electron chi connectivity index (χ4n) is 0.562. The largest absolute Gasteiger partial charge is 0.368 e. The van der Waals surface area contributed by atoms with Crippen LogP contribution in [0.4, 0.5) is 0 Å². The van der Waals surface area contributed by atoms with Gasteiger partial charge in [-0.05, 0) is 18.3 Å². The van der Waals surface area contributed by atoms with Crippen molar-refractivity contribution < 1.29 is 10.2 Å². The molecule has 0 saturated carbocycles. The van der Waals surface area contributed by atoms with Crippen molar-refractivity contribution in [1.82, 2.24) is 0 Å². The number of aliphatic hydroxyl groups excluding tert-OH is 1. The van der Waals surface area contributed by atoms with E-state index in [2.05, 4.69) is 20.8 Å². The molecule has 0 spiro atoms. The summed E-state index contributed by atoms with van der Waals surface area (Å²) in [5, 5.41) is 16.9. The quantitative estimate of drug-likeness (QED) is 0.553. The van der Waals surface area contributed by atoms with E-state index < -0.39 is 6.29 Å². The van der Waals surface area contributed by atoms with Crippen LogP contribution in [-0.2, 0) is 0 Å². The molecule has 0 atom stereocenters. The Labute approximate surface area is 56.5 Å². The molecule has 0 aromatic carbocycles. The van der Waals surface area contributed by atoms with E-state index >= 15 is 0 Å². The number of hydrogen-bond acceptors (Lipinski definition) is 2. The molecule has 0 fully saturated rings. The van der Waals surface area contributed by atoms with Crippen molar-refractivity contribution in [3.8, 4) is 0 Å². The van der Waals surface area contributed by atoms with Gasteiger partial charge in [0.15, 0.2) is 6.29 Å². The van der Waals surface area contributed by atoms with Crippen LogP contribution in [0.5, 0.6) is 0 Å². The molecular weight excluding hydrogens is 116 g/mol. The third kappa shape index (κ3) is 7.92. The van der Waals surface area contributed by atoms with E-state index in [4.69, 9.17) is 10.2 Å². The van der Waals surface area contributed by atoms with Crippen LogP contribution in [0, 0.1) is 5.41 Å². The number of aliphatic hydroxyl groups is 2. The van der Waals surface area contributed by atoms with Crippen molar-refractivity contribution >= 4 is 0 Å². The Kier molecular flexibility index (Phi) is 3.15. The van der Waals surface area contributed by atoms with E-state index in [-0.39, 0.29) is 5.41 Å². The first-order valence-corrected chi connectivity index (χ1v) is 3.28. The minimum Gasteiger partial charge on any atom is -0.368 e. The summed E-state index contributed by atoms with van der Waals surface area (Å²) in [6.07, 6.45) is 0.193. The number of hydrogen-bond donors (Lipinski definition) is 2. The predicted octanol–water partition coefficient (Wildman–Crippen LogP) is 1.12. The van der Waals surface area contributed by atoms with E-state index in [1.54, 1.807) is 0 Å². The van der Waals surface area contributed by atoms with Crippen LogP contribution in [0.25, 0.3) is 0 Å². The first-order chi connectivity index (χ1) is 3.92. The van der Waals surface area contributed by atoms with Gasteiger partial charge in [-0.25, -0.2) is 0 Å². The Morgan fingerprint density at radius 2 is 1.67 bits per heavy atom. The highest BCUT2D eigenvalue weighted by atomic mass is 16.5. The fourth-order valence-corrected chi connectivity index (χ4v) is 0.562. The van der Waals surface area contributed by atoms with E-state index in [1.807, 2.05) is 0 Å². The Hall–Kier alpha value is -0.0800. The molecule has 0 aromatic rings. The Morgan fingerprint density at radius 1 is 1.22 bits per heavy atom. The van der Waals surface area contributed by atoms with Crippen molar-refractivity contribution in [3.63, 3.8) is 0 Å². The summed E-state index contributed by atoms with van der Waals surface area (Å²) in [6.45, 7) is 6.24. The van der Waals surface area contributed by atoms with E-state index in [0.29, 0.717) is 6.42 Å². The van der Waals surface area contributed by atoms with Crippen molar-refractivity contribution in [2.24, 2.45) is 5.41 Å². The molecule has 0 aliphatic rings. The maximum Gasteiger partial charge on any atom is 0.151 e. The molecule has 0 unspecified atom stereocenters. The lowest BCUT2D eigenvalue weighted by molar-refractivity contribution is -0.0513. The van der Waals surface area contributed by atoms with Gasteiger partial charge in [0.2, 0.25) is 0 Å². The van der Waals surface area contributed by atoms with Gasteiger partial charge >= 0.3 is 0 Å². The maximum absolute atomic E-state index is 8.47. The summed E-state index contributed by atoms with van der Waals surface area (Å²) < 4.78 is 0. The Morgan fingerprint density at radius 3 is 1.78 bits per heavy atom. The second-order valence-electron chi connectivity index (χ2n) is 3.58. The summed E-state index contributed by atoms with van der Waals surface area (Å²) >= 11 is 0. The molecule has 2 heteroatoms. The SMILES string of the molecule is CC(C)(C)CCC(O)O. The molecular formula is C7H16O2. The molecule has 0 heterocycles. The van der Waals surface area contributed by atoms with Crippen LogP contribution in [-0.4, -0.2) is 16.5 Å². The van der Waals surface area contributed by atoms with Gasteiger partial charge in [-0.15, -0.1) is 0 Å². The third-order valence-electron chi connectivity index (χ3n) is 1.15. The van der Waals surface area contributed by atoms with Gasteiger partial charge in [0.05, 0.1) is 0 Å². The molecule has 56 valence electrons. The summed E-state index contributed by atoms with van der Waals surface area (Å²) in [4.78, 5) is 0. The van der Waals surface area contributed by atoms with Gasteiger partial charge in [-0.2, -0.15) is 0 Å². The predicted molar refractivity (Wildman–Crippen MR) is 36.9 cm³/mol. The van der Waals surface area contributed by atoms with Gasteiger partial charge in [-0.1, -0.05) is 20.8 Å². The highest BCUT2D eigenvalue weighted by Crippen LogP contribution is 2.20. The molecule has 0 amide bonds. The Bertz CT molecular complexity index is 71.5. The molecule has 0 aliphatic carbocycles. The molecule has 0 aromatic heterocycles. The molecule has 0 radical (unpaired) electrons. The molecule has 0 bridgehead atoms. The van der Waals surface area contributed by atoms with Gasteiger partial charge in [0, 0.05) is 0 Å². The molecule has 0 saturated heterocycles. The Balaban J connectivity index is 3.28. The van der Waals surface area contributed by atoms with Gasteiger partial charge in [0.25, 0.3) is 0 Å². The van der Waals surface area contributed by atoms with Crippen LogP contribution >= 0.6 is 0 Å². The minimum atomic E-state index is -1.13. The standard InChI is InChI=1S/C7H16O2/c1-7(2,3)5-4-6(8)9/h6,8-9H,4-5H2,1-3H3. The second kappa shape index (κ2) is 3.18. The fraction of sp³-hybridized carbons (Fsp3) is 1.00. The summed E-state index contributed by atoms with van der Waals surface area (Å²) in [6, 6.07) is 0. The summed E-state index contributed by atoms with van der Waals surface area (Å²) in [5.74, 6) is 0. The third-order valence-corrected chi connectivity index (χ3v) is 1.15. The van der Waals surface area contributed by atoms with E-state index in [0.717, 1.165) is 6.42 Å². The smallest absolute Gasteiger partial charge is 0.151 e. The molecule has 9 heavy (non-hydrogen) atoms. The highest BCUT2D eigenvalue weighted by Gasteiger charge is 2.11. The van der Waals surface area contributed by atoms with Crippen LogP contribution < -0.4 is 0 Å². The molecule has 0 aliphatic heterocycles. The van der Waals surface area contributed by atoms with Crippen LogP contribution in [0.3, 0.4) is 0 Å². The molecule has 0 rings (SSSR count). The van der Waals surface area contributed by atoms with Crippen molar-refractivity contribution in [2.75, 3.05) is 0 Å². The molecule has 2 N–H and O–H groups in total. The van der Waals surface area contributed by atoms with Gasteiger partial charge in [-0.3, -0.25) is 0 Å². The lowest BCUT2D eigenvalue weighted by Crippen LogP contribution is -2.11. The first-order valence-electron chi connectivity index (χ1n) is 3.28. The normalized spacial score (nSPS) is 12.7. The van der Waals surface area contributed by atoms with Crippen LogP contribution in [0.15, 0.2) is 0 Å². The lowest BCUT2D eigenvalue weighted by Gasteiger charge is -2.17. The zero-order valence-corrected chi connectivity index (χ0v) is 6.39. The van der Waals surface area contributed by atoms with E-state index in [1.165, 1.54) is 0 Å².